The van der Waals surface area contributed by atoms with Gasteiger partial charge in [-0.3, -0.25) is 4.79 Å². The summed E-state index contributed by atoms with van der Waals surface area (Å²) < 4.78 is 0. The molecule has 2 bridgehead atoms. The molecule has 82 valence electrons. The van der Waals surface area contributed by atoms with Crippen LogP contribution in [-0.2, 0) is 4.79 Å². The Bertz CT molecular complexity index is 313. The normalized spacial score (nSPS) is 36.1. The second-order valence-electron chi connectivity index (χ2n) is 5.43. The smallest absolute Gasteiger partial charge is 0.162 e. The van der Waals surface area contributed by atoms with Crippen molar-refractivity contribution in [3.05, 3.63) is 11.1 Å². The highest BCUT2D eigenvalue weighted by molar-refractivity contribution is 6.01. The van der Waals surface area contributed by atoms with Crippen LogP contribution >= 0.6 is 0 Å². The van der Waals surface area contributed by atoms with Gasteiger partial charge in [-0.25, -0.2) is 0 Å². The van der Waals surface area contributed by atoms with Crippen molar-refractivity contribution in [3.8, 4) is 0 Å². The maximum atomic E-state index is 12.3. The summed E-state index contributed by atoms with van der Waals surface area (Å²) in [7, 11) is 0. The van der Waals surface area contributed by atoms with Crippen LogP contribution in [0.3, 0.4) is 0 Å². The van der Waals surface area contributed by atoms with E-state index in [-0.39, 0.29) is 0 Å². The molecule has 0 amide bonds. The van der Waals surface area contributed by atoms with E-state index in [0.717, 1.165) is 6.42 Å². The number of fused-ring (bicyclic) bond motifs is 4. The van der Waals surface area contributed by atoms with Crippen molar-refractivity contribution in [2.75, 3.05) is 0 Å². The van der Waals surface area contributed by atoms with E-state index in [1.54, 1.807) is 5.57 Å². The molecular weight excluding hydrogens is 184 g/mol. The molecule has 0 aromatic carbocycles. The van der Waals surface area contributed by atoms with Crippen LogP contribution in [0.15, 0.2) is 11.1 Å². The third-order valence-corrected chi connectivity index (χ3v) is 4.61. The summed E-state index contributed by atoms with van der Waals surface area (Å²) in [6, 6.07) is 0. The van der Waals surface area contributed by atoms with Crippen molar-refractivity contribution in [2.45, 2.75) is 57.8 Å². The molecule has 0 saturated heterocycles. The molecular formula is C14H20O. The van der Waals surface area contributed by atoms with Crippen LogP contribution in [0.25, 0.3) is 0 Å². The molecule has 1 nitrogen and oxygen atoms in total. The highest BCUT2D eigenvalue weighted by Gasteiger charge is 2.42. The lowest BCUT2D eigenvalue weighted by Crippen LogP contribution is -2.16. The Morgan fingerprint density at radius 1 is 0.800 bits per heavy atom. The molecule has 15 heavy (non-hydrogen) atoms. The zero-order valence-corrected chi connectivity index (χ0v) is 9.43. The van der Waals surface area contributed by atoms with E-state index in [2.05, 4.69) is 0 Å². The van der Waals surface area contributed by atoms with Crippen molar-refractivity contribution < 1.29 is 4.79 Å². The fraction of sp³-hybridized carbons (Fsp3) is 0.786. The number of carbonyl (C=O) groups excluding carboxylic acids is 1. The minimum Gasteiger partial charge on any atom is -0.294 e. The van der Waals surface area contributed by atoms with E-state index in [0.29, 0.717) is 17.6 Å². The fourth-order valence-corrected chi connectivity index (χ4v) is 3.89. The quantitative estimate of drug-likeness (QED) is 0.589. The summed E-state index contributed by atoms with van der Waals surface area (Å²) in [4.78, 5) is 12.3. The highest BCUT2D eigenvalue weighted by atomic mass is 16.1. The van der Waals surface area contributed by atoms with E-state index >= 15 is 0 Å². The summed E-state index contributed by atoms with van der Waals surface area (Å²) in [6.07, 6.45) is 11.4. The van der Waals surface area contributed by atoms with E-state index in [1.165, 1.54) is 56.9 Å². The Balaban J connectivity index is 1.94. The molecule has 3 aliphatic carbocycles. The molecule has 0 spiro atoms. The molecule has 0 N–H and O–H groups in total. The van der Waals surface area contributed by atoms with Crippen LogP contribution in [-0.4, -0.2) is 5.78 Å². The van der Waals surface area contributed by atoms with Crippen molar-refractivity contribution in [1.29, 1.82) is 0 Å². The van der Waals surface area contributed by atoms with Crippen LogP contribution in [0.1, 0.15) is 57.8 Å². The van der Waals surface area contributed by atoms with Crippen LogP contribution in [0.2, 0.25) is 0 Å². The minimum atomic E-state index is 0.413. The molecule has 0 radical (unpaired) electrons. The van der Waals surface area contributed by atoms with Crippen LogP contribution in [0.5, 0.6) is 0 Å². The summed E-state index contributed by atoms with van der Waals surface area (Å²) in [5.74, 6) is 1.65. The van der Waals surface area contributed by atoms with Gasteiger partial charge in [-0.15, -0.1) is 0 Å². The third kappa shape index (κ3) is 1.47. The number of hydrogen-bond acceptors (Lipinski definition) is 1. The zero-order valence-electron chi connectivity index (χ0n) is 9.43. The van der Waals surface area contributed by atoms with Gasteiger partial charge in [-0.2, -0.15) is 0 Å². The average molecular weight is 204 g/mol. The number of carbonyl (C=O) groups is 1. The predicted octanol–water partition coefficient (Wildman–Crippen LogP) is 3.64. The van der Waals surface area contributed by atoms with Crippen molar-refractivity contribution in [3.63, 3.8) is 0 Å². The number of ketones is 1. The first-order valence-electron chi connectivity index (χ1n) is 6.64. The van der Waals surface area contributed by atoms with Gasteiger partial charge in [-0.05, 0) is 50.0 Å². The van der Waals surface area contributed by atoms with Crippen LogP contribution in [0.4, 0.5) is 0 Å². The first-order chi connectivity index (χ1) is 7.38. The van der Waals surface area contributed by atoms with Gasteiger partial charge in [0.1, 0.15) is 0 Å². The molecule has 1 heteroatoms. The zero-order chi connectivity index (χ0) is 10.3. The van der Waals surface area contributed by atoms with E-state index in [1.807, 2.05) is 0 Å². The second kappa shape index (κ2) is 3.77. The number of hydrogen-bond donors (Lipinski definition) is 0. The van der Waals surface area contributed by atoms with Crippen LogP contribution < -0.4 is 0 Å². The molecule has 0 aromatic heterocycles. The molecule has 0 aromatic rings. The molecule has 0 heterocycles. The van der Waals surface area contributed by atoms with Gasteiger partial charge in [0.05, 0.1) is 0 Å². The monoisotopic (exact) mass is 204 g/mol. The maximum absolute atomic E-state index is 12.3. The average Bonchev–Trinajstić information content (AvgIpc) is 2.79. The highest BCUT2D eigenvalue weighted by Crippen LogP contribution is 2.48. The van der Waals surface area contributed by atoms with Crippen molar-refractivity contribution in [1.82, 2.24) is 0 Å². The van der Waals surface area contributed by atoms with Gasteiger partial charge >= 0.3 is 0 Å². The molecule has 2 fully saturated rings. The Hall–Kier alpha value is -0.590. The number of allylic oxidation sites excluding steroid dienone is 2. The van der Waals surface area contributed by atoms with Gasteiger partial charge in [0.2, 0.25) is 0 Å². The standard InChI is InChI=1S/C14H20O/c15-14-12-6-3-1-2-4-7-13(14)11-9-5-8-10(11)12/h10,12H,1-9H2. The van der Waals surface area contributed by atoms with Gasteiger partial charge in [0.15, 0.2) is 5.78 Å². The SMILES string of the molecule is O=C1C2=C3CCCC3C1CCCCCC2. The minimum absolute atomic E-state index is 0.413. The Morgan fingerprint density at radius 3 is 2.53 bits per heavy atom. The van der Waals surface area contributed by atoms with Crippen molar-refractivity contribution in [2.24, 2.45) is 11.8 Å². The van der Waals surface area contributed by atoms with Gasteiger partial charge < -0.3 is 0 Å². The molecule has 2 atom stereocenters. The predicted molar refractivity (Wildman–Crippen MR) is 60.6 cm³/mol. The lowest BCUT2D eigenvalue weighted by molar-refractivity contribution is -0.119. The molecule has 2 unspecified atom stereocenters. The summed E-state index contributed by atoms with van der Waals surface area (Å²) >= 11 is 0. The lowest BCUT2D eigenvalue weighted by atomic mass is 9.87. The summed E-state index contributed by atoms with van der Waals surface area (Å²) in [6.45, 7) is 0. The molecule has 2 saturated carbocycles. The Morgan fingerprint density at radius 2 is 1.60 bits per heavy atom. The van der Waals surface area contributed by atoms with Crippen molar-refractivity contribution >= 4 is 5.78 Å². The largest absolute Gasteiger partial charge is 0.294 e. The van der Waals surface area contributed by atoms with E-state index < -0.39 is 0 Å². The lowest BCUT2D eigenvalue weighted by Gasteiger charge is -2.15. The summed E-state index contributed by atoms with van der Waals surface area (Å²) in [5.41, 5.74) is 2.87. The van der Waals surface area contributed by atoms with E-state index in [9.17, 15) is 4.79 Å². The van der Waals surface area contributed by atoms with E-state index in [4.69, 9.17) is 0 Å². The van der Waals surface area contributed by atoms with Gasteiger partial charge in [-0.1, -0.05) is 24.8 Å². The maximum Gasteiger partial charge on any atom is 0.162 e. The second-order valence-corrected chi connectivity index (χ2v) is 5.43. The first-order valence-corrected chi connectivity index (χ1v) is 6.64. The summed E-state index contributed by atoms with van der Waals surface area (Å²) in [5, 5.41) is 0. The topological polar surface area (TPSA) is 17.1 Å². The number of rotatable bonds is 0. The first kappa shape index (κ1) is 9.62. The fourth-order valence-electron chi connectivity index (χ4n) is 3.89. The third-order valence-electron chi connectivity index (χ3n) is 4.61. The van der Waals surface area contributed by atoms with Gasteiger partial charge in [0.25, 0.3) is 0 Å². The molecule has 0 aliphatic heterocycles. The Labute approximate surface area is 91.9 Å². The number of Topliss-reactive ketones (excluding diaryl/α,β-unsaturated/α-hetero) is 1. The van der Waals surface area contributed by atoms with Gasteiger partial charge in [0, 0.05) is 5.92 Å². The Kier molecular flexibility index (Phi) is 2.42. The molecule has 3 aliphatic rings. The molecule has 3 rings (SSSR count). The van der Waals surface area contributed by atoms with Crippen LogP contribution in [0, 0.1) is 11.8 Å².